The number of carbonyl (C=O) groups excluding carboxylic acids is 1. The van der Waals surface area contributed by atoms with Crippen molar-refractivity contribution in [2.45, 2.75) is 19.0 Å². The van der Waals surface area contributed by atoms with Gasteiger partial charge in [0.15, 0.2) is 11.5 Å². The number of carbonyl (C=O) groups is 1. The summed E-state index contributed by atoms with van der Waals surface area (Å²) in [5.74, 6) is 0.984. The molecule has 0 radical (unpaired) electrons. The highest BCUT2D eigenvalue weighted by atomic mass is 16.5. The first kappa shape index (κ1) is 20.9. The number of benzene rings is 2. The van der Waals surface area contributed by atoms with Crippen LogP contribution in [0.25, 0.3) is 0 Å². The fourth-order valence-corrected chi connectivity index (χ4v) is 4.08. The molecule has 1 aliphatic heterocycles. The van der Waals surface area contributed by atoms with Gasteiger partial charge in [0.1, 0.15) is 0 Å². The molecule has 1 atom stereocenters. The molecule has 1 aliphatic rings. The van der Waals surface area contributed by atoms with Gasteiger partial charge < -0.3 is 14.8 Å². The van der Waals surface area contributed by atoms with Gasteiger partial charge >= 0.3 is 0 Å². The third-order valence-corrected chi connectivity index (χ3v) is 5.77. The fraction of sp³-hybridized carbons (Fsp3) is 0.280. The number of hydrogen-bond donors (Lipinski definition) is 1. The SMILES string of the molecule is COc1ccc(C(=O)NC[C@@H](c2cccnc2)N2CCc3ccccc3C2)cc1OC. The molecule has 6 heteroatoms. The van der Waals surface area contributed by atoms with Crippen LogP contribution in [0, 0.1) is 0 Å². The minimum atomic E-state index is -0.146. The summed E-state index contributed by atoms with van der Waals surface area (Å²) in [4.78, 5) is 19.6. The van der Waals surface area contributed by atoms with Gasteiger partial charge in [0.2, 0.25) is 0 Å². The standard InChI is InChI=1S/C25H27N3O3/c1-30-23-10-9-19(14-24(23)31-2)25(29)27-16-22(20-8-5-12-26-15-20)28-13-11-18-6-3-4-7-21(18)17-28/h3-10,12,14-15,22H,11,13,16-17H2,1-2H3,(H,27,29)/t22-/m0/s1. The Balaban J connectivity index is 1.52. The van der Waals surface area contributed by atoms with E-state index in [1.165, 1.54) is 11.1 Å². The molecule has 0 fully saturated rings. The van der Waals surface area contributed by atoms with Crippen molar-refractivity contribution < 1.29 is 14.3 Å². The second kappa shape index (κ2) is 9.62. The maximum Gasteiger partial charge on any atom is 0.251 e. The van der Waals surface area contributed by atoms with E-state index in [-0.39, 0.29) is 11.9 Å². The lowest BCUT2D eigenvalue weighted by Crippen LogP contribution is -2.40. The van der Waals surface area contributed by atoms with Gasteiger partial charge in [0.25, 0.3) is 5.91 Å². The van der Waals surface area contributed by atoms with E-state index in [0.29, 0.717) is 23.6 Å². The van der Waals surface area contributed by atoms with Gasteiger partial charge in [0.05, 0.1) is 20.3 Å². The summed E-state index contributed by atoms with van der Waals surface area (Å²) in [7, 11) is 3.14. The molecule has 0 unspecified atom stereocenters. The number of nitrogens with one attached hydrogen (secondary N) is 1. The smallest absolute Gasteiger partial charge is 0.251 e. The van der Waals surface area contributed by atoms with Crippen LogP contribution in [0.1, 0.15) is 33.1 Å². The minimum Gasteiger partial charge on any atom is -0.493 e. The second-order valence-electron chi connectivity index (χ2n) is 7.57. The number of fused-ring (bicyclic) bond motifs is 1. The highest BCUT2D eigenvalue weighted by Crippen LogP contribution is 2.29. The molecule has 1 amide bonds. The van der Waals surface area contributed by atoms with E-state index in [4.69, 9.17) is 9.47 Å². The van der Waals surface area contributed by atoms with Crippen LogP contribution in [0.15, 0.2) is 67.0 Å². The average molecular weight is 418 g/mol. The number of nitrogens with zero attached hydrogens (tertiary/aromatic N) is 2. The van der Waals surface area contributed by atoms with E-state index in [1.54, 1.807) is 38.6 Å². The van der Waals surface area contributed by atoms with Crippen molar-refractivity contribution in [3.05, 3.63) is 89.2 Å². The van der Waals surface area contributed by atoms with Crippen LogP contribution in [-0.2, 0) is 13.0 Å². The average Bonchev–Trinajstić information content (AvgIpc) is 2.84. The Kier molecular flexibility index (Phi) is 6.48. The van der Waals surface area contributed by atoms with E-state index in [9.17, 15) is 4.79 Å². The molecule has 0 bridgehead atoms. The highest BCUT2D eigenvalue weighted by molar-refractivity contribution is 5.94. The van der Waals surface area contributed by atoms with Gasteiger partial charge in [-0.15, -0.1) is 0 Å². The largest absolute Gasteiger partial charge is 0.493 e. The molecule has 0 saturated heterocycles. The summed E-state index contributed by atoms with van der Waals surface area (Å²) in [6.07, 6.45) is 4.65. The molecule has 0 spiro atoms. The number of rotatable bonds is 7. The summed E-state index contributed by atoms with van der Waals surface area (Å²) in [6.45, 7) is 2.27. The zero-order chi connectivity index (χ0) is 21.6. The molecule has 2 heterocycles. The second-order valence-corrected chi connectivity index (χ2v) is 7.57. The van der Waals surface area contributed by atoms with Crippen molar-refractivity contribution in [1.82, 2.24) is 15.2 Å². The Morgan fingerprint density at radius 2 is 1.87 bits per heavy atom. The first-order valence-corrected chi connectivity index (χ1v) is 10.4. The summed E-state index contributed by atoms with van der Waals surface area (Å²) >= 11 is 0. The monoisotopic (exact) mass is 417 g/mol. The third kappa shape index (κ3) is 4.70. The minimum absolute atomic E-state index is 0.0335. The van der Waals surface area contributed by atoms with Gasteiger partial charge in [-0.25, -0.2) is 0 Å². The molecule has 4 rings (SSSR count). The lowest BCUT2D eigenvalue weighted by molar-refractivity contribution is 0.0927. The van der Waals surface area contributed by atoms with Crippen molar-refractivity contribution in [3.8, 4) is 11.5 Å². The number of methoxy groups -OCH3 is 2. The van der Waals surface area contributed by atoms with Crippen LogP contribution in [0.3, 0.4) is 0 Å². The lowest BCUT2D eigenvalue weighted by atomic mass is 9.97. The molecule has 1 aromatic heterocycles. The Morgan fingerprint density at radius 3 is 2.61 bits per heavy atom. The molecule has 0 saturated carbocycles. The first-order valence-electron chi connectivity index (χ1n) is 10.4. The van der Waals surface area contributed by atoms with Crippen molar-refractivity contribution in [3.63, 3.8) is 0 Å². The summed E-state index contributed by atoms with van der Waals surface area (Å²) < 4.78 is 10.6. The zero-order valence-electron chi connectivity index (χ0n) is 17.9. The number of amides is 1. The van der Waals surface area contributed by atoms with Gasteiger partial charge in [-0.3, -0.25) is 14.7 Å². The molecule has 1 N–H and O–H groups in total. The van der Waals surface area contributed by atoms with Crippen LogP contribution >= 0.6 is 0 Å². The van der Waals surface area contributed by atoms with Gasteiger partial charge in [-0.1, -0.05) is 30.3 Å². The van der Waals surface area contributed by atoms with Gasteiger partial charge in [0, 0.05) is 37.6 Å². The third-order valence-electron chi connectivity index (χ3n) is 5.77. The van der Waals surface area contributed by atoms with E-state index in [1.807, 2.05) is 12.3 Å². The molecule has 31 heavy (non-hydrogen) atoms. The summed E-state index contributed by atoms with van der Waals surface area (Å²) in [6, 6.07) is 17.8. The lowest BCUT2D eigenvalue weighted by Gasteiger charge is -2.36. The number of pyridine rings is 1. The van der Waals surface area contributed by atoms with Gasteiger partial charge in [-0.05, 0) is 47.4 Å². The van der Waals surface area contributed by atoms with E-state index >= 15 is 0 Å². The number of hydrogen-bond acceptors (Lipinski definition) is 5. The fourth-order valence-electron chi connectivity index (χ4n) is 4.08. The Hall–Kier alpha value is -3.38. The normalized spacial score (nSPS) is 14.4. The molecule has 3 aromatic rings. The molecular formula is C25H27N3O3. The molecule has 0 aliphatic carbocycles. The summed E-state index contributed by atoms with van der Waals surface area (Å²) in [5, 5.41) is 3.10. The van der Waals surface area contributed by atoms with E-state index in [2.05, 4.69) is 45.5 Å². The first-order chi connectivity index (χ1) is 15.2. The van der Waals surface area contributed by atoms with E-state index < -0.39 is 0 Å². The topological polar surface area (TPSA) is 63.7 Å². The Morgan fingerprint density at radius 1 is 1.06 bits per heavy atom. The van der Waals surface area contributed by atoms with Crippen LogP contribution in [0.2, 0.25) is 0 Å². The Labute approximate surface area is 182 Å². The maximum absolute atomic E-state index is 12.9. The van der Waals surface area contributed by atoms with Crippen molar-refractivity contribution in [2.24, 2.45) is 0 Å². The number of ether oxygens (including phenoxy) is 2. The van der Waals surface area contributed by atoms with Crippen molar-refractivity contribution in [2.75, 3.05) is 27.3 Å². The zero-order valence-corrected chi connectivity index (χ0v) is 17.9. The Bertz CT molecular complexity index is 1040. The highest BCUT2D eigenvalue weighted by Gasteiger charge is 2.25. The predicted octanol–water partition coefficient (Wildman–Crippen LogP) is 3.63. The van der Waals surface area contributed by atoms with Crippen LogP contribution in [0.5, 0.6) is 11.5 Å². The molecule has 2 aromatic carbocycles. The quantitative estimate of drug-likeness (QED) is 0.636. The summed E-state index contributed by atoms with van der Waals surface area (Å²) in [5.41, 5.74) is 4.37. The molecule has 6 nitrogen and oxygen atoms in total. The van der Waals surface area contributed by atoms with Crippen molar-refractivity contribution >= 4 is 5.91 Å². The molecule has 160 valence electrons. The molecular weight excluding hydrogens is 390 g/mol. The van der Waals surface area contributed by atoms with E-state index in [0.717, 1.165) is 25.1 Å². The maximum atomic E-state index is 12.9. The van der Waals surface area contributed by atoms with Gasteiger partial charge in [-0.2, -0.15) is 0 Å². The van der Waals surface area contributed by atoms with Crippen LogP contribution in [-0.4, -0.2) is 43.1 Å². The van der Waals surface area contributed by atoms with Crippen LogP contribution < -0.4 is 14.8 Å². The van der Waals surface area contributed by atoms with Crippen molar-refractivity contribution in [1.29, 1.82) is 0 Å². The number of aromatic nitrogens is 1. The van der Waals surface area contributed by atoms with Crippen LogP contribution in [0.4, 0.5) is 0 Å². The predicted molar refractivity (Wildman–Crippen MR) is 119 cm³/mol.